The van der Waals surface area contributed by atoms with Crippen molar-refractivity contribution in [1.29, 1.82) is 0 Å². The van der Waals surface area contributed by atoms with Crippen LogP contribution in [0.2, 0.25) is 0 Å². The van der Waals surface area contributed by atoms with Crippen LogP contribution in [0.4, 0.5) is 5.69 Å². The third-order valence-corrected chi connectivity index (χ3v) is 8.15. The number of carbonyl (C=O) groups is 1. The summed E-state index contributed by atoms with van der Waals surface area (Å²) < 4.78 is 6.27. The first-order valence-electron chi connectivity index (χ1n) is 14.0. The molecule has 36 heavy (non-hydrogen) atoms. The number of fused-ring (bicyclic) bond motifs is 1. The predicted molar refractivity (Wildman–Crippen MR) is 149 cm³/mol. The normalized spacial score (nSPS) is 19.0. The summed E-state index contributed by atoms with van der Waals surface area (Å²) in [6.45, 7) is 7.94. The maximum absolute atomic E-state index is 13.4. The molecule has 0 saturated carbocycles. The summed E-state index contributed by atoms with van der Waals surface area (Å²) in [5.74, 6) is 1.24. The van der Waals surface area contributed by atoms with E-state index in [1.807, 2.05) is 32.3 Å². The molecule has 2 aliphatic rings. The molecule has 5 heteroatoms. The van der Waals surface area contributed by atoms with Crippen molar-refractivity contribution in [3.8, 4) is 5.75 Å². The van der Waals surface area contributed by atoms with Gasteiger partial charge in [-0.3, -0.25) is 9.69 Å². The number of rotatable bonds is 5. The van der Waals surface area contributed by atoms with E-state index in [-0.39, 0.29) is 11.3 Å². The fraction of sp³-hybridized carbons (Fsp3) is 0.581. The molecule has 5 nitrogen and oxygen atoms in total. The fourth-order valence-electron chi connectivity index (χ4n) is 5.85. The summed E-state index contributed by atoms with van der Waals surface area (Å²) in [5.41, 5.74) is 3.50. The minimum absolute atomic E-state index is 0.176. The lowest BCUT2D eigenvalue weighted by atomic mass is 9.73. The SMILES string of the molecule is CCCCN1CCOc2ccccc2CCCCC2(CCN(C(=O)c3cccc(N(C)C)c3)CC2)C1. The van der Waals surface area contributed by atoms with Crippen molar-refractivity contribution in [2.75, 3.05) is 58.3 Å². The molecule has 1 spiro atoms. The van der Waals surface area contributed by atoms with E-state index in [2.05, 4.69) is 52.0 Å². The molecule has 1 amide bonds. The Labute approximate surface area is 218 Å². The van der Waals surface area contributed by atoms with Gasteiger partial charge in [-0.1, -0.05) is 44.0 Å². The molecule has 0 radical (unpaired) electrons. The molecule has 1 saturated heterocycles. The van der Waals surface area contributed by atoms with Gasteiger partial charge in [0.1, 0.15) is 12.4 Å². The van der Waals surface area contributed by atoms with Crippen LogP contribution in [0, 0.1) is 5.41 Å². The summed E-state index contributed by atoms with van der Waals surface area (Å²) in [5, 5.41) is 0. The first-order valence-corrected chi connectivity index (χ1v) is 14.0. The maximum Gasteiger partial charge on any atom is 0.253 e. The van der Waals surface area contributed by atoms with E-state index < -0.39 is 0 Å². The quantitative estimate of drug-likeness (QED) is 0.523. The number of aryl methyl sites for hydroxylation is 1. The van der Waals surface area contributed by atoms with E-state index in [4.69, 9.17) is 4.74 Å². The van der Waals surface area contributed by atoms with Crippen molar-refractivity contribution < 1.29 is 9.53 Å². The molecule has 2 aliphatic heterocycles. The van der Waals surface area contributed by atoms with Gasteiger partial charge in [0, 0.05) is 51.5 Å². The molecular formula is C31H45N3O2. The van der Waals surface area contributed by atoms with Crippen LogP contribution in [0.1, 0.15) is 67.8 Å². The second-order valence-electron chi connectivity index (χ2n) is 11.0. The average molecular weight is 492 g/mol. The Morgan fingerprint density at radius 1 is 1.00 bits per heavy atom. The number of amides is 1. The minimum Gasteiger partial charge on any atom is -0.492 e. The number of ether oxygens (including phenoxy) is 1. The largest absolute Gasteiger partial charge is 0.492 e. The lowest BCUT2D eigenvalue weighted by Crippen LogP contribution is -2.49. The third-order valence-electron chi connectivity index (χ3n) is 8.15. The van der Waals surface area contributed by atoms with Gasteiger partial charge in [-0.05, 0) is 80.3 Å². The molecule has 2 aromatic rings. The maximum atomic E-state index is 13.4. The third kappa shape index (κ3) is 6.82. The molecule has 0 N–H and O–H groups in total. The fourth-order valence-corrected chi connectivity index (χ4v) is 5.85. The molecular weight excluding hydrogens is 446 g/mol. The molecule has 2 heterocycles. The smallest absolute Gasteiger partial charge is 0.253 e. The highest BCUT2D eigenvalue weighted by atomic mass is 16.5. The molecule has 196 valence electrons. The molecule has 0 aromatic heterocycles. The van der Waals surface area contributed by atoms with E-state index in [0.29, 0.717) is 0 Å². The molecule has 0 atom stereocenters. The average Bonchev–Trinajstić information content (AvgIpc) is 2.90. The first kappa shape index (κ1) is 26.5. The van der Waals surface area contributed by atoms with Crippen LogP contribution in [0.25, 0.3) is 0 Å². The highest BCUT2D eigenvalue weighted by molar-refractivity contribution is 5.95. The minimum atomic E-state index is 0.176. The topological polar surface area (TPSA) is 36.0 Å². The van der Waals surface area contributed by atoms with Crippen molar-refractivity contribution in [1.82, 2.24) is 9.80 Å². The summed E-state index contributed by atoms with van der Waals surface area (Å²) in [4.78, 5) is 20.1. The molecule has 0 aliphatic carbocycles. The predicted octanol–water partition coefficient (Wildman–Crippen LogP) is 5.88. The van der Waals surface area contributed by atoms with E-state index >= 15 is 0 Å². The summed E-state index contributed by atoms with van der Waals surface area (Å²) in [6.07, 6.45) is 9.36. The van der Waals surface area contributed by atoms with Gasteiger partial charge in [-0.2, -0.15) is 0 Å². The van der Waals surface area contributed by atoms with Crippen molar-refractivity contribution in [2.24, 2.45) is 5.41 Å². The highest BCUT2D eigenvalue weighted by Gasteiger charge is 2.37. The molecule has 4 rings (SSSR count). The first-order chi connectivity index (χ1) is 17.5. The summed E-state index contributed by atoms with van der Waals surface area (Å²) in [6, 6.07) is 16.6. The number of benzene rings is 2. The summed E-state index contributed by atoms with van der Waals surface area (Å²) >= 11 is 0. The van der Waals surface area contributed by atoms with E-state index in [0.717, 1.165) is 75.6 Å². The number of anilines is 1. The second kappa shape index (κ2) is 12.6. The van der Waals surface area contributed by atoms with E-state index in [1.54, 1.807) is 0 Å². The molecule has 0 unspecified atom stereocenters. The van der Waals surface area contributed by atoms with Gasteiger partial charge < -0.3 is 14.5 Å². The zero-order valence-electron chi connectivity index (χ0n) is 22.7. The Balaban J connectivity index is 1.45. The van der Waals surface area contributed by atoms with Crippen LogP contribution in [-0.2, 0) is 6.42 Å². The zero-order valence-corrected chi connectivity index (χ0v) is 22.7. The number of likely N-dealkylation sites (tertiary alicyclic amines) is 1. The lowest BCUT2D eigenvalue weighted by Gasteiger charge is -2.45. The molecule has 0 bridgehead atoms. The van der Waals surface area contributed by atoms with Crippen LogP contribution in [0.3, 0.4) is 0 Å². The van der Waals surface area contributed by atoms with Crippen molar-refractivity contribution in [3.63, 3.8) is 0 Å². The van der Waals surface area contributed by atoms with Crippen molar-refractivity contribution in [2.45, 2.75) is 58.3 Å². The Morgan fingerprint density at radius 3 is 2.58 bits per heavy atom. The van der Waals surface area contributed by atoms with Gasteiger partial charge in [0.2, 0.25) is 0 Å². The number of hydrogen-bond donors (Lipinski definition) is 0. The van der Waals surface area contributed by atoms with E-state index in [1.165, 1.54) is 37.7 Å². The number of unbranched alkanes of at least 4 members (excludes halogenated alkanes) is 1. The lowest BCUT2D eigenvalue weighted by molar-refractivity contribution is 0.0375. The highest BCUT2D eigenvalue weighted by Crippen LogP contribution is 2.39. The molecule has 1 fully saturated rings. The van der Waals surface area contributed by atoms with Gasteiger partial charge in [-0.15, -0.1) is 0 Å². The van der Waals surface area contributed by atoms with Crippen LogP contribution >= 0.6 is 0 Å². The van der Waals surface area contributed by atoms with Gasteiger partial charge in [0.15, 0.2) is 0 Å². The standard InChI is InChI=1S/C31H45N3O2/c1-4-5-19-33-22-23-36-29-15-7-6-11-26(29)12-8-9-16-31(25-33)17-20-34(21-18-31)30(35)27-13-10-14-28(24-27)32(2)3/h6-7,10-11,13-15,24H,4-5,8-9,12,16-23,25H2,1-3H3. The molecule has 2 aromatic carbocycles. The van der Waals surface area contributed by atoms with Crippen LogP contribution in [0.15, 0.2) is 48.5 Å². The van der Waals surface area contributed by atoms with Gasteiger partial charge >= 0.3 is 0 Å². The van der Waals surface area contributed by atoms with Gasteiger partial charge in [-0.25, -0.2) is 0 Å². The van der Waals surface area contributed by atoms with Gasteiger partial charge in [0.25, 0.3) is 5.91 Å². The Hall–Kier alpha value is -2.53. The van der Waals surface area contributed by atoms with Crippen LogP contribution in [-0.4, -0.2) is 69.1 Å². The number of nitrogens with zero attached hydrogens (tertiary/aromatic N) is 3. The van der Waals surface area contributed by atoms with Crippen molar-refractivity contribution in [3.05, 3.63) is 59.7 Å². The zero-order chi connectivity index (χ0) is 25.4. The number of carbonyl (C=O) groups excluding carboxylic acids is 1. The number of para-hydroxylation sites is 1. The number of piperidine rings is 1. The summed E-state index contributed by atoms with van der Waals surface area (Å²) in [7, 11) is 4.04. The van der Waals surface area contributed by atoms with Crippen LogP contribution in [0.5, 0.6) is 5.75 Å². The monoisotopic (exact) mass is 491 g/mol. The second-order valence-corrected chi connectivity index (χ2v) is 11.0. The number of hydrogen-bond acceptors (Lipinski definition) is 4. The van der Waals surface area contributed by atoms with Gasteiger partial charge in [0.05, 0.1) is 0 Å². The Morgan fingerprint density at radius 2 is 1.81 bits per heavy atom. The van der Waals surface area contributed by atoms with Crippen LogP contribution < -0.4 is 9.64 Å². The Kier molecular flexibility index (Phi) is 9.30. The Bertz CT molecular complexity index is 981. The van der Waals surface area contributed by atoms with E-state index in [9.17, 15) is 4.79 Å². The van der Waals surface area contributed by atoms with Crippen molar-refractivity contribution >= 4 is 11.6 Å².